The third-order valence-electron chi connectivity index (χ3n) is 6.68. The molecule has 0 spiro atoms. The predicted octanol–water partition coefficient (Wildman–Crippen LogP) is 5.38. The third kappa shape index (κ3) is 5.35. The van der Waals surface area contributed by atoms with E-state index in [1.165, 1.54) is 0 Å². The maximum absolute atomic E-state index is 13.3. The van der Waals surface area contributed by atoms with Crippen LogP contribution in [-0.2, 0) is 22.3 Å². The summed E-state index contributed by atoms with van der Waals surface area (Å²) in [5.74, 6) is 0.574. The van der Waals surface area contributed by atoms with Gasteiger partial charge < -0.3 is 14.7 Å². The number of fused-ring (bicyclic) bond motifs is 1. The molecule has 4 rings (SSSR count). The topological polar surface area (TPSA) is 66.8 Å². The maximum Gasteiger partial charge on any atom is 0.179 e. The third-order valence-corrected chi connectivity index (χ3v) is 9.15. The molecule has 1 aliphatic heterocycles. The molecule has 186 valence electrons. The number of aliphatic hydroxyl groups excluding tert-OH is 1. The van der Waals surface area contributed by atoms with Crippen molar-refractivity contribution in [3.05, 3.63) is 89.0 Å². The van der Waals surface area contributed by atoms with E-state index in [0.717, 1.165) is 22.4 Å². The van der Waals surface area contributed by atoms with Crippen molar-refractivity contribution >= 4 is 27.1 Å². The fourth-order valence-electron chi connectivity index (χ4n) is 4.64. The van der Waals surface area contributed by atoms with Gasteiger partial charge in [0.25, 0.3) is 0 Å². The van der Waals surface area contributed by atoms with E-state index in [-0.39, 0.29) is 5.75 Å². The molecule has 0 aliphatic carbocycles. The Labute approximate surface area is 213 Å². The van der Waals surface area contributed by atoms with Gasteiger partial charge in [0.1, 0.15) is 12.4 Å². The number of nitrogens with zero attached hydrogens (tertiary/aromatic N) is 1. The lowest BCUT2D eigenvalue weighted by atomic mass is 9.75. The number of halogens is 1. The average Bonchev–Trinajstić information content (AvgIpc) is 2.88. The van der Waals surface area contributed by atoms with Gasteiger partial charge in [-0.25, -0.2) is 8.42 Å². The molecule has 35 heavy (non-hydrogen) atoms. The van der Waals surface area contributed by atoms with Crippen molar-refractivity contribution in [2.45, 2.75) is 43.3 Å². The molecule has 0 amide bonds. The minimum absolute atomic E-state index is 0.115. The van der Waals surface area contributed by atoms with E-state index >= 15 is 0 Å². The van der Waals surface area contributed by atoms with Gasteiger partial charge >= 0.3 is 0 Å². The van der Waals surface area contributed by atoms with Crippen molar-refractivity contribution in [1.29, 1.82) is 0 Å². The fraction of sp³-hybridized carbons (Fsp3) is 0.357. The minimum Gasteiger partial charge on any atom is -0.489 e. The van der Waals surface area contributed by atoms with E-state index in [4.69, 9.17) is 16.3 Å². The van der Waals surface area contributed by atoms with Crippen LogP contribution in [0, 0.1) is 5.41 Å². The molecule has 3 aromatic rings. The van der Waals surface area contributed by atoms with Gasteiger partial charge in [0.15, 0.2) is 9.84 Å². The second kappa shape index (κ2) is 9.84. The summed E-state index contributed by atoms with van der Waals surface area (Å²) in [4.78, 5) is 2.22. The summed E-state index contributed by atoms with van der Waals surface area (Å²) in [5, 5.41) is 11.5. The van der Waals surface area contributed by atoms with Gasteiger partial charge in [-0.05, 0) is 52.6 Å². The molecule has 0 saturated heterocycles. The number of anilines is 1. The van der Waals surface area contributed by atoms with Crippen LogP contribution in [0.2, 0.25) is 0 Å². The lowest BCUT2D eigenvalue weighted by Gasteiger charge is -2.33. The monoisotopic (exact) mass is 513 g/mol. The molecule has 0 fully saturated rings. The fourth-order valence-corrected chi connectivity index (χ4v) is 6.94. The van der Waals surface area contributed by atoms with Crippen molar-refractivity contribution in [3.63, 3.8) is 0 Å². The quantitative estimate of drug-likeness (QED) is 0.448. The molecule has 3 aromatic carbocycles. The van der Waals surface area contributed by atoms with Crippen LogP contribution < -0.4 is 9.64 Å². The highest BCUT2D eigenvalue weighted by Crippen LogP contribution is 2.45. The van der Waals surface area contributed by atoms with Gasteiger partial charge in [-0.3, -0.25) is 0 Å². The lowest BCUT2D eigenvalue weighted by molar-refractivity contribution is 0.0521. The Morgan fingerprint density at radius 1 is 1.00 bits per heavy atom. The zero-order valence-corrected chi connectivity index (χ0v) is 22.1. The Morgan fingerprint density at radius 3 is 2.23 bits per heavy atom. The Kier molecular flexibility index (Phi) is 7.18. The number of aliphatic hydroxyl groups is 1. The van der Waals surface area contributed by atoms with Crippen LogP contribution in [0.3, 0.4) is 0 Å². The molecule has 7 heteroatoms. The summed E-state index contributed by atoms with van der Waals surface area (Å²) in [5.41, 5.74) is 3.63. The van der Waals surface area contributed by atoms with Gasteiger partial charge in [-0.2, -0.15) is 0 Å². The second-order valence-corrected chi connectivity index (χ2v) is 12.3. The van der Waals surface area contributed by atoms with Gasteiger partial charge in [-0.15, -0.1) is 11.6 Å². The van der Waals surface area contributed by atoms with Crippen LogP contribution >= 0.6 is 11.6 Å². The Morgan fingerprint density at radius 2 is 1.63 bits per heavy atom. The normalized spacial score (nSPS) is 20.5. The molecule has 1 heterocycles. The van der Waals surface area contributed by atoms with Crippen LogP contribution in [0.4, 0.5) is 5.69 Å². The van der Waals surface area contributed by atoms with E-state index < -0.39 is 27.3 Å². The highest BCUT2D eigenvalue weighted by Gasteiger charge is 2.45. The predicted molar refractivity (Wildman–Crippen MR) is 141 cm³/mol. The maximum atomic E-state index is 13.3. The molecule has 0 radical (unpaired) electrons. The van der Waals surface area contributed by atoms with Crippen LogP contribution in [0.5, 0.6) is 5.75 Å². The summed E-state index contributed by atoms with van der Waals surface area (Å²) in [7, 11) is 0.262. The number of sulfone groups is 1. The van der Waals surface area contributed by atoms with Crippen molar-refractivity contribution in [2.75, 3.05) is 24.7 Å². The molecule has 0 saturated carbocycles. The van der Waals surface area contributed by atoms with Crippen molar-refractivity contribution < 1.29 is 18.3 Å². The second-order valence-electron chi connectivity index (χ2n) is 10.1. The van der Waals surface area contributed by atoms with Crippen molar-refractivity contribution in [2.24, 2.45) is 5.41 Å². The number of hydrogen-bond donors (Lipinski definition) is 1. The van der Waals surface area contributed by atoms with E-state index in [2.05, 4.69) is 0 Å². The van der Waals surface area contributed by atoms with E-state index in [0.29, 0.717) is 28.7 Å². The Bertz CT molecular complexity index is 1290. The van der Waals surface area contributed by atoms with Crippen LogP contribution in [0.1, 0.15) is 42.0 Å². The first-order valence-corrected chi connectivity index (χ1v) is 13.8. The number of rotatable bonds is 6. The molecule has 1 aliphatic rings. The molecular weight excluding hydrogens is 482 g/mol. The molecule has 0 unspecified atom stereocenters. The smallest absolute Gasteiger partial charge is 0.179 e. The average molecular weight is 514 g/mol. The molecule has 2 atom stereocenters. The summed E-state index contributed by atoms with van der Waals surface area (Å²) >= 11 is 5.86. The first-order valence-electron chi connectivity index (χ1n) is 11.6. The first-order chi connectivity index (χ1) is 16.5. The molecule has 0 bridgehead atoms. The summed E-state index contributed by atoms with van der Waals surface area (Å²) in [6.07, 6.45) is -0.886. The number of ether oxygens (including phenoxy) is 1. The number of hydrogen-bond acceptors (Lipinski definition) is 5. The molecular formula is C28H32ClNO4S. The van der Waals surface area contributed by atoms with Crippen molar-refractivity contribution in [3.8, 4) is 5.75 Å². The highest BCUT2D eigenvalue weighted by atomic mass is 35.5. The van der Waals surface area contributed by atoms with Gasteiger partial charge in [0.2, 0.25) is 0 Å². The van der Waals surface area contributed by atoms with E-state index in [1.807, 2.05) is 93.5 Å². The SMILES string of the molecule is CN(C)c1ccc2c(c1)[C@@H](c1ccc(OCc3ccc(CCl)cc3)cc1)[C@@H](O)C(C)(C)CS2(=O)=O. The largest absolute Gasteiger partial charge is 0.489 e. The Balaban J connectivity index is 1.68. The van der Waals surface area contributed by atoms with E-state index in [1.54, 1.807) is 6.07 Å². The zero-order chi connectivity index (χ0) is 25.4. The van der Waals surface area contributed by atoms with Crippen LogP contribution in [0.25, 0.3) is 0 Å². The van der Waals surface area contributed by atoms with Crippen molar-refractivity contribution in [1.82, 2.24) is 0 Å². The molecule has 1 N–H and O–H groups in total. The van der Waals surface area contributed by atoms with Gasteiger partial charge in [-0.1, -0.05) is 50.2 Å². The van der Waals surface area contributed by atoms with Gasteiger partial charge in [0, 0.05) is 37.0 Å². The summed E-state index contributed by atoms with van der Waals surface area (Å²) < 4.78 is 32.5. The highest BCUT2D eigenvalue weighted by molar-refractivity contribution is 7.91. The summed E-state index contributed by atoms with van der Waals surface area (Å²) in [6.45, 7) is 4.05. The Hall–Kier alpha value is -2.54. The first kappa shape index (κ1) is 25.5. The number of benzene rings is 3. The molecule has 5 nitrogen and oxygen atoms in total. The lowest BCUT2D eigenvalue weighted by Crippen LogP contribution is -2.38. The number of alkyl halides is 1. The minimum atomic E-state index is -3.57. The molecule has 0 aromatic heterocycles. The van der Waals surface area contributed by atoms with E-state index in [9.17, 15) is 13.5 Å². The van der Waals surface area contributed by atoms with Crippen LogP contribution in [0.15, 0.2) is 71.6 Å². The summed E-state index contributed by atoms with van der Waals surface area (Å²) in [6, 6.07) is 20.9. The standard InChI is InChI=1S/C28H32ClNO4S/c1-28(2)18-35(32,33)25-14-11-22(30(3)4)15-24(25)26(27(28)31)21-9-12-23(13-10-21)34-17-20-7-5-19(16-29)6-8-20/h5-15,26-27,31H,16-18H2,1-4H3/t26-,27-/m1/s1. The zero-order valence-electron chi connectivity index (χ0n) is 20.5. The van der Waals surface area contributed by atoms with Gasteiger partial charge in [0.05, 0.1) is 16.8 Å². The van der Waals surface area contributed by atoms with Crippen LogP contribution in [-0.4, -0.2) is 39.5 Å².